The third-order valence-corrected chi connectivity index (χ3v) is 6.43. The van der Waals surface area contributed by atoms with E-state index >= 15 is 0 Å². The zero-order valence-electron chi connectivity index (χ0n) is 20.7. The molecule has 2 aliphatic rings. The van der Waals surface area contributed by atoms with Crippen molar-refractivity contribution in [3.8, 4) is 23.0 Å². The first-order valence-electron chi connectivity index (χ1n) is 12.0. The highest BCUT2D eigenvalue weighted by Crippen LogP contribution is 2.32. The number of methoxy groups -OCH3 is 2. The number of fused-ring (bicyclic) bond motifs is 1. The summed E-state index contributed by atoms with van der Waals surface area (Å²) in [5.41, 5.74) is 1.88. The Morgan fingerprint density at radius 1 is 0.946 bits per heavy atom. The van der Waals surface area contributed by atoms with Crippen LogP contribution in [0.25, 0.3) is 0 Å². The molecule has 0 saturated carbocycles. The second-order valence-electron chi connectivity index (χ2n) is 8.59. The van der Waals surface area contributed by atoms with Crippen LogP contribution < -0.4 is 29.2 Å². The largest absolute Gasteiger partial charge is 0.497 e. The van der Waals surface area contributed by atoms with Crippen molar-refractivity contribution in [2.24, 2.45) is 0 Å². The minimum absolute atomic E-state index is 0.109. The van der Waals surface area contributed by atoms with Gasteiger partial charge in [0.2, 0.25) is 6.79 Å². The van der Waals surface area contributed by atoms with E-state index in [4.69, 9.17) is 18.9 Å². The molecule has 1 aromatic heterocycles. The molecule has 5 rings (SSSR count). The van der Waals surface area contributed by atoms with E-state index in [9.17, 15) is 9.59 Å². The third kappa shape index (κ3) is 5.09. The van der Waals surface area contributed by atoms with E-state index in [1.165, 1.54) is 7.11 Å². The van der Waals surface area contributed by atoms with Gasteiger partial charge in [0.15, 0.2) is 11.5 Å². The van der Waals surface area contributed by atoms with Gasteiger partial charge in [-0.25, -0.2) is 4.98 Å². The van der Waals surface area contributed by atoms with Crippen molar-refractivity contribution in [1.82, 2.24) is 15.2 Å². The number of nitrogens with one attached hydrogen (secondary N) is 1. The van der Waals surface area contributed by atoms with Crippen LogP contribution in [-0.2, 0) is 6.54 Å². The van der Waals surface area contributed by atoms with Crippen molar-refractivity contribution in [2.75, 3.05) is 52.1 Å². The van der Waals surface area contributed by atoms with E-state index in [2.05, 4.69) is 10.3 Å². The smallest absolute Gasteiger partial charge is 0.257 e. The van der Waals surface area contributed by atoms with Gasteiger partial charge in [-0.15, -0.1) is 0 Å². The molecular formula is C27H28N4O6. The fraction of sp³-hybridized carbons (Fsp3) is 0.296. The number of nitrogens with zero attached hydrogens (tertiary/aromatic N) is 3. The summed E-state index contributed by atoms with van der Waals surface area (Å²) in [6.07, 6.45) is 1.67. The molecule has 2 aliphatic heterocycles. The molecule has 0 spiro atoms. The number of carbonyl (C=O) groups excluding carboxylic acids is 2. The van der Waals surface area contributed by atoms with Gasteiger partial charge in [0, 0.05) is 45.0 Å². The lowest BCUT2D eigenvalue weighted by molar-refractivity contribution is 0.0742. The van der Waals surface area contributed by atoms with Crippen molar-refractivity contribution in [2.45, 2.75) is 6.54 Å². The minimum atomic E-state index is -0.220. The third-order valence-electron chi connectivity index (χ3n) is 6.43. The summed E-state index contributed by atoms with van der Waals surface area (Å²) >= 11 is 0. The molecule has 3 aromatic rings. The van der Waals surface area contributed by atoms with E-state index in [1.54, 1.807) is 48.5 Å². The molecule has 0 bridgehead atoms. The van der Waals surface area contributed by atoms with Gasteiger partial charge < -0.3 is 34.1 Å². The summed E-state index contributed by atoms with van der Waals surface area (Å²) in [6.45, 7) is 2.62. The van der Waals surface area contributed by atoms with Gasteiger partial charge in [-0.2, -0.15) is 0 Å². The number of pyridine rings is 1. The number of ether oxygens (including phenoxy) is 4. The number of rotatable bonds is 7. The quantitative estimate of drug-likeness (QED) is 0.524. The zero-order chi connectivity index (χ0) is 25.8. The van der Waals surface area contributed by atoms with E-state index in [1.807, 2.05) is 23.1 Å². The fourth-order valence-electron chi connectivity index (χ4n) is 4.42. The Bertz CT molecular complexity index is 1310. The van der Waals surface area contributed by atoms with Crippen LogP contribution in [0.1, 0.15) is 26.3 Å². The van der Waals surface area contributed by atoms with Crippen LogP contribution in [0.5, 0.6) is 23.0 Å². The molecule has 2 aromatic carbocycles. The van der Waals surface area contributed by atoms with Crippen LogP contribution in [0.4, 0.5) is 5.82 Å². The minimum Gasteiger partial charge on any atom is -0.497 e. The van der Waals surface area contributed by atoms with Gasteiger partial charge >= 0.3 is 0 Å². The predicted molar refractivity (Wildman–Crippen MR) is 136 cm³/mol. The Kier molecular flexibility index (Phi) is 6.98. The molecule has 1 saturated heterocycles. The van der Waals surface area contributed by atoms with Crippen molar-refractivity contribution in [1.29, 1.82) is 0 Å². The monoisotopic (exact) mass is 504 g/mol. The Balaban J connectivity index is 1.23. The Hall–Kier alpha value is -4.47. The lowest BCUT2D eigenvalue weighted by atomic mass is 10.1. The number of hydrogen-bond donors (Lipinski definition) is 1. The molecule has 0 radical (unpaired) electrons. The first-order chi connectivity index (χ1) is 18.1. The van der Waals surface area contributed by atoms with Crippen molar-refractivity contribution in [3.05, 3.63) is 71.4 Å². The van der Waals surface area contributed by atoms with Crippen molar-refractivity contribution >= 4 is 17.6 Å². The maximum Gasteiger partial charge on any atom is 0.257 e. The van der Waals surface area contributed by atoms with Crippen LogP contribution in [0.3, 0.4) is 0 Å². The number of piperazine rings is 1. The second kappa shape index (κ2) is 10.7. The van der Waals surface area contributed by atoms with E-state index < -0.39 is 0 Å². The maximum absolute atomic E-state index is 13.2. The van der Waals surface area contributed by atoms with Gasteiger partial charge in [-0.1, -0.05) is 6.07 Å². The number of carbonyl (C=O) groups is 2. The number of amides is 2. The summed E-state index contributed by atoms with van der Waals surface area (Å²) in [7, 11) is 3.10. The van der Waals surface area contributed by atoms with Gasteiger partial charge in [0.1, 0.15) is 17.3 Å². The number of benzene rings is 2. The molecule has 192 valence electrons. The van der Waals surface area contributed by atoms with E-state index in [-0.39, 0.29) is 18.6 Å². The number of aromatic nitrogens is 1. The lowest BCUT2D eigenvalue weighted by Crippen LogP contribution is -2.49. The molecule has 10 heteroatoms. The number of hydrogen-bond acceptors (Lipinski definition) is 8. The van der Waals surface area contributed by atoms with Gasteiger partial charge in [-0.3, -0.25) is 9.59 Å². The molecule has 0 atom stereocenters. The van der Waals surface area contributed by atoms with Gasteiger partial charge in [0.05, 0.1) is 25.3 Å². The first kappa shape index (κ1) is 24.2. The molecular weight excluding hydrogens is 476 g/mol. The average Bonchev–Trinajstić information content (AvgIpc) is 3.43. The summed E-state index contributed by atoms with van der Waals surface area (Å²) in [4.78, 5) is 34.6. The maximum atomic E-state index is 13.2. The van der Waals surface area contributed by atoms with Crippen molar-refractivity contribution in [3.63, 3.8) is 0 Å². The predicted octanol–water partition coefficient (Wildman–Crippen LogP) is 2.72. The van der Waals surface area contributed by atoms with Gasteiger partial charge in [0.25, 0.3) is 11.8 Å². The second-order valence-corrected chi connectivity index (χ2v) is 8.59. The lowest BCUT2D eigenvalue weighted by Gasteiger charge is -2.36. The molecule has 1 fully saturated rings. The molecule has 0 unspecified atom stereocenters. The zero-order valence-corrected chi connectivity index (χ0v) is 20.7. The molecule has 1 N–H and O–H groups in total. The normalized spacial score (nSPS) is 14.3. The highest BCUT2D eigenvalue weighted by molar-refractivity contribution is 5.99. The van der Waals surface area contributed by atoms with Gasteiger partial charge in [-0.05, 0) is 42.0 Å². The van der Waals surface area contributed by atoms with Crippen LogP contribution >= 0.6 is 0 Å². The Morgan fingerprint density at radius 3 is 2.54 bits per heavy atom. The highest BCUT2D eigenvalue weighted by atomic mass is 16.7. The summed E-state index contributed by atoms with van der Waals surface area (Å²) in [6, 6.07) is 14.3. The van der Waals surface area contributed by atoms with E-state index in [0.717, 1.165) is 5.56 Å². The van der Waals surface area contributed by atoms with E-state index in [0.29, 0.717) is 72.7 Å². The Morgan fingerprint density at radius 2 is 1.76 bits per heavy atom. The molecule has 10 nitrogen and oxygen atoms in total. The average molecular weight is 505 g/mol. The standard InChI is InChI=1S/C27H28N4O6/c1-34-19-6-7-20(23(15-19)35-2)27(33)31-12-10-30(11-13-31)25-21(4-3-9-28-25)26(32)29-16-18-5-8-22-24(14-18)37-17-36-22/h3-9,14-15H,10-13,16-17H2,1-2H3,(H,29,32). The first-order valence-corrected chi connectivity index (χ1v) is 12.0. The summed E-state index contributed by atoms with van der Waals surface area (Å²) < 4.78 is 21.4. The van der Waals surface area contributed by atoms with Crippen LogP contribution in [-0.4, -0.2) is 68.9 Å². The fourth-order valence-corrected chi connectivity index (χ4v) is 4.42. The molecule has 0 aliphatic carbocycles. The summed E-state index contributed by atoms with van der Waals surface area (Å²) in [5, 5.41) is 2.97. The summed E-state index contributed by atoms with van der Waals surface area (Å²) in [5.74, 6) is 2.74. The van der Waals surface area contributed by atoms with Crippen LogP contribution in [0.15, 0.2) is 54.7 Å². The molecule has 2 amide bonds. The van der Waals surface area contributed by atoms with Crippen LogP contribution in [0.2, 0.25) is 0 Å². The van der Waals surface area contributed by atoms with Crippen LogP contribution in [0, 0.1) is 0 Å². The topological polar surface area (TPSA) is 102 Å². The Labute approximate surface area is 214 Å². The SMILES string of the molecule is COc1ccc(C(=O)N2CCN(c3ncccc3C(=O)NCc3ccc4c(c3)OCO4)CC2)c(OC)c1. The number of anilines is 1. The molecule has 3 heterocycles. The highest BCUT2D eigenvalue weighted by Gasteiger charge is 2.27. The van der Waals surface area contributed by atoms with Crippen molar-refractivity contribution < 1.29 is 28.5 Å². The molecule has 37 heavy (non-hydrogen) atoms.